The molecule has 4 aromatic rings. The Bertz CT molecular complexity index is 1190. The molecule has 4 rings (SSSR count). The molecule has 0 atom stereocenters. The Morgan fingerprint density at radius 3 is 2.41 bits per heavy atom. The number of halogens is 4. The molecule has 1 aromatic carbocycles. The maximum Gasteiger partial charge on any atom is 0.416 e. The zero-order chi connectivity index (χ0) is 20.6. The standard InChI is InChI=1S/C21H14ClF3N4/c1-12-10-16(22)19(27-11-12)18-7-6-15-17(8-9-26-20(15)29-18)28-14-4-2-13(3-5-14)21(23,24)25/h2-11H,1H3,(H,26,28,29). The summed E-state index contributed by atoms with van der Waals surface area (Å²) in [5.74, 6) is 0. The summed E-state index contributed by atoms with van der Waals surface area (Å²) >= 11 is 6.28. The van der Waals surface area contributed by atoms with Crippen LogP contribution in [0.1, 0.15) is 11.1 Å². The van der Waals surface area contributed by atoms with Crippen molar-refractivity contribution in [2.24, 2.45) is 0 Å². The number of benzene rings is 1. The van der Waals surface area contributed by atoms with Crippen LogP contribution in [0.5, 0.6) is 0 Å². The number of pyridine rings is 3. The van der Waals surface area contributed by atoms with Crippen molar-refractivity contribution in [3.63, 3.8) is 0 Å². The van der Waals surface area contributed by atoms with Gasteiger partial charge in [-0.2, -0.15) is 13.2 Å². The zero-order valence-electron chi connectivity index (χ0n) is 15.1. The average Bonchev–Trinajstić information content (AvgIpc) is 2.67. The lowest BCUT2D eigenvalue weighted by atomic mass is 10.1. The molecule has 0 bridgehead atoms. The maximum absolute atomic E-state index is 12.7. The van der Waals surface area contributed by atoms with Crippen molar-refractivity contribution in [2.45, 2.75) is 13.1 Å². The van der Waals surface area contributed by atoms with Gasteiger partial charge in [-0.3, -0.25) is 4.98 Å². The lowest BCUT2D eigenvalue weighted by molar-refractivity contribution is -0.137. The highest BCUT2D eigenvalue weighted by Crippen LogP contribution is 2.32. The second-order valence-corrected chi connectivity index (χ2v) is 6.88. The zero-order valence-corrected chi connectivity index (χ0v) is 15.9. The maximum atomic E-state index is 12.7. The molecule has 3 aromatic heterocycles. The summed E-state index contributed by atoms with van der Waals surface area (Å²) in [6.45, 7) is 1.90. The van der Waals surface area contributed by atoms with E-state index in [4.69, 9.17) is 11.6 Å². The fourth-order valence-corrected chi connectivity index (χ4v) is 3.21. The molecule has 0 aliphatic carbocycles. The van der Waals surface area contributed by atoms with E-state index in [1.807, 2.05) is 19.1 Å². The van der Waals surface area contributed by atoms with Gasteiger partial charge >= 0.3 is 6.18 Å². The second-order valence-electron chi connectivity index (χ2n) is 6.47. The first-order chi connectivity index (χ1) is 13.8. The summed E-state index contributed by atoms with van der Waals surface area (Å²) in [7, 11) is 0. The minimum atomic E-state index is -4.37. The highest BCUT2D eigenvalue weighted by molar-refractivity contribution is 6.33. The molecular weight excluding hydrogens is 401 g/mol. The normalized spacial score (nSPS) is 11.6. The van der Waals surface area contributed by atoms with E-state index >= 15 is 0 Å². The molecule has 0 unspecified atom stereocenters. The molecule has 0 amide bonds. The highest BCUT2D eigenvalue weighted by atomic mass is 35.5. The van der Waals surface area contributed by atoms with E-state index in [-0.39, 0.29) is 0 Å². The number of rotatable bonds is 3. The summed E-state index contributed by atoms with van der Waals surface area (Å²) in [6, 6.07) is 12.0. The Hall–Kier alpha value is -3.19. The quantitative estimate of drug-likeness (QED) is 0.420. The van der Waals surface area contributed by atoms with Crippen LogP contribution in [0.25, 0.3) is 22.4 Å². The van der Waals surface area contributed by atoms with Gasteiger partial charge in [0.15, 0.2) is 5.65 Å². The lowest BCUT2D eigenvalue weighted by Crippen LogP contribution is -2.04. The van der Waals surface area contributed by atoms with Crippen molar-refractivity contribution < 1.29 is 13.2 Å². The predicted octanol–water partition coefficient (Wildman–Crippen LogP) is 6.42. The third-order valence-electron chi connectivity index (χ3n) is 4.32. The average molecular weight is 415 g/mol. The molecule has 3 heterocycles. The number of aryl methyl sites for hydroxylation is 1. The fraction of sp³-hybridized carbons (Fsp3) is 0.0952. The summed E-state index contributed by atoms with van der Waals surface area (Å²) in [5.41, 5.74) is 3.06. The molecule has 1 N–H and O–H groups in total. The molecule has 0 aliphatic heterocycles. The van der Waals surface area contributed by atoms with Gasteiger partial charge in [-0.15, -0.1) is 0 Å². The Balaban J connectivity index is 1.68. The van der Waals surface area contributed by atoms with Crippen molar-refractivity contribution in [3.05, 3.63) is 77.1 Å². The molecule has 0 aliphatic rings. The van der Waals surface area contributed by atoms with Crippen LogP contribution in [0.4, 0.5) is 24.5 Å². The Morgan fingerprint density at radius 1 is 0.966 bits per heavy atom. The van der Waals surface area contributed by atoms with E-state index in [0.29, 0.717) is 33.4 Å². The molecule has 8 heteroatoms. The summed E-state index contributed by atoms with van der Waals surface area (Å²) in [6.07, 6.45) is -1.08. The topological polar surface area (TPSA) is 50.7 Å². The van der Waals surface area contributed by atoms with Gasteiger partial charge in [0.1, 0.15) is 5.69 Å². The Kier molecular flexibility index (Phi) is 4.84. The summed E-state index contributed by atoms with van der Waals surface area (Å²) in [4.78, 5) is 13.2. The van der Waals surface area contributed by atoms with E-state index in [2.05, 4.69) is 20.3 Å². The molecule has 0 spiro atoms. The number of hydrogen-bond acceptors (Lipinski definition) is 4. The van der Waals surface area contributed by atoms with Gasteiger partial charge in [0, 0.05) is 23.5 Å². The SMILES string of the molecule is Cc1cnc(-c2ccc3c(Nc4ccc(C(F)(F)F)cc4)ccnc3n2)c(Cl)c1. The summed E-state index contributed by atoms with van der Waals surface area (Å²) < 4.78 is 38.2. The smallest absolute Gasteiger partial charge is 0.355 e. The number of alkyl halides is 3. The number of nitrogens with zero attached hydrogens (tertiary/aromatic N) is 3. The van der Waals surface area contributed by atoms with Crippen LogP contribution in [0.15, 0.2) is 60.9 Å². The van der Waals surface area contributed by atoms with Gasteiger partial charge in [0.25, 0.3) is 0 Å². The number of fused-ring (bicyclic) bond motifs is 1. The molecule has 4 nitrogen and oxygen atoms in total. The van der Waals surface area contributed by atoms with Crippen molar-refractivity contribution in [3.8, 4) is 11.4 Å². The van der Waals surface area contributed by atoms with E-state index in [1.54, 1.807) is 24.5 Å². The van der Waals surface area contributed by atoms with Gasteiger partial charge in [-0.05, 0) is 61.0 Å². The van der Waals surface area contributed by atoms with Crippen molar-refractivity contribution >= 4 is 34.0 Å². The first-order valence-corrected chi connectivity index (χ1v) is 9.01. The van der Waals surface area contributed by atoms with Gasteiger partial charge < -0.3 is 5.32 Å². The number of anilines is 2. The van der Waals surface area contributed by atoms with Gasteiger partial charge in [-0.25, -0.2) is 9.97 Å². The fourth-order valence-electron chi connectivity index (χ4n) is 2.89. The molecule has 0 fully saturated rings. The van der Waals surface area contributed by atoms with E-state index in [0.717, 1.165) is 23.1 Å². The van der Waals surface area contributed by atoms with Gasteiger partial charge in [0.2, 0.25) is 0 Å². The molecular formula is C21H14ClF3N4. The third kappa shape index (κ3) is 4.00. The van der Waals surface area contributed by atoms with Crippen molar-refractivity contribution in [1.82, 2.24) is 15.0 Å². The minimum Gasteiger partial charge on any atom is -0.355 e. The number of hydrogen-bond donors (Lipinski definition) is 1. The Labute approximate surface area is 169 Å². The monoisotopic (exact) mass is 414 g/mol. The van der Waals surface area contributed by atoms with Crippen LogP contribution in [0.3, 0.4) is 0 Å². The molecule has 0 saturated carbocycles. The largest absolute Gasteiger partial charge is 0.416 e. The Morgan fingerprint density at radius 2 is 1.72 bits per heavy atom. The van der Waals surface area contributed by atoms with Crippen molar-refractivity contribution in [2.75, 3.05) is 5.32 Å². The van der Waals surface area contributed by atoms with E-state index < -0.39 is 11.7 Å². The molecule has 146 valence electrons. The van der Waals surface area contributed by atoms with Gasteiger partial charge in [-0.1, -0.05) is 11.6 Å². The second kappa shape index (κ2) is 7.33. The van der Waals surface area contributed by atoms with Crippen LogP contribution in [-0.4, -0.2) is 15.0 Å². The van der Waals surface area contributed by atoms with Crippen LogP contribution in [0.2, 0.25) is 5.02 Å². The number of aromatic nitrogens is 3. The predicted molar refractivity (Wildman–Crippen MR) is 107 cm³/mol. The van der Waals surface area contributed by atoms with Crippen molar-refractivity contribution in [1.29, 1.82) is 0 Å². The summed E-state index contributed by atoms with van der Waals surface area (Å²) in [5, 5.41) is 4.33. The molecule has 0 saturated heterocycles. The first kappa shape index (κ1) is 19.1. The highest BCUT2D eigenvalue weighted by Gasteiger charge is 2.29. The number of nitrogens with one attached hydrogen (secondary N) is 1. The van der Waals surface area contributed by atoms with Crippen LogP contribution in [-0.2, 0) is 6.18 Å². The molecule has 29 heavy (non-hydrogen) atoms. The molecule has 0 radical (unpaired) electrons. The van der Waals surface area contributed by atoms with E-state index in [9.17, 15) is 13.2 Å². The first-order valence-electron chi connectivity index (χ1n) is 8.64. The van der Waals surface area contributed by atoms with Crippen LogP contribution >= 0.6 is 11.6 Å². The van der Waals surface area contributed by atoms with Crippen LogP contribution < -0.4 is 5.32 Å². The minimum absolute atomic E-state index is 0.470. The van der Waals surface area contributed by atoms with E-state index in [1.165, 1.54) is 12.1 Å². The van der Waals surface area contributed by atoms with Gasteiger partial charge in [0.05, 0.1) is 22.0 Å². The lowest BCUT2D eigenvalue weighted by Gasteiger charge is -2.12. The van der Waals surface area contributed by atoms with Crippen LogP contribution in [0, 0.1) is 6.92 Å². The third-order valence-corrected chi connectivity index (χ3v) is 4.60.